The van der Waals surface area contributed by atoms with Gasteiger partial charge in [0.05, 0.1) is 17.8 Å². The van der Waals surface area contributed by atoms with E-state index in [1.165, 1.54) is 21.8 Å². The maximum absolute atomic E-state index is 12.3. The summed E-state index contributed by atoms with van der Waals surface area (Å²) in [6.07, 6.45) is 3.48. The molecule has 0 fully saturated rings. The van der Waals surface area contributed by atoms with Crippen LogP contribution in [0.3, 0.4) is 0 Å². The minimum absolute atomic E-state index is 0.0574. The standard InChI is InChI=1S/C20H16N4O3S/c1-13-4-2-6-17-22-15(8-18(25)24(13)17)11-27-19(26)9-16-12-28-20(23-16)14-5-3-7-21-10-14/h2-8,10,12H,9,11H2,1H3. The second-order valence-corrected chi connectivity index (χ2v) is 7.03. The lowest BCUT2D eigenvalue weighted by molar-refractivity contribution is -0.144. The Morgan fingerprint density at radius 1 is 1.18 bits per heavy atom. The first kappa shape index (κ1) is 18.0. The smallest absolute Gasteiger partial charge is 0.312 e. The fourth-order valence-corrected chi connectivity index (χ4v) is 3.61. The van der Waals surface area contributed by atoms with Gasteiger partial charge in [-0.2, -0.15) is 0 Å². The highest BCUT2D eigenvalue weighted by atomic mass is 32.1. The van der Waals surface area contributed by atoms with Crippen molar-refractivity contribution in [3.63, 3.8) is 0 Å². The summed E-state index contributed by atoms with van der Waals surface area (Å²) < 4.78 is 6.80. The predicted octanol–water partition coefficient (Wildman–Crippen LogP) is 2.81. The van der Waals surface area contributed by atoms with Crippen LogP contribution < -0.4 is 5.56 Å². The number of carbonyl (C=O) groups is 1. The van der Waals surface area contributed by atoms with Crippen molar-refractivity contribution in [1.29, 1.82) is 0 Å². The van der Waals surface area contributed by atoms with Crippen LogP contribution in [-0.2, 0) is 22.6 Å². The van der Waals surface area contributed by atoms with Crippen LogP contribution >= 0.6 is 11.3 Å². The molecule has 0 N–H and O–H groups in total. The first-order chi connectivity index (χ1) is 13.6. The van der Waals surface area contributed by atoms with Gasteiger partial charge in [0.15, 0.2) is 0 Å². The lowest BCUT2D eigenvalue weighted by Crippen LogP contribution is -2.18. The number of rotatable bonds is 5. The van der Waals surface area contributed by atoms with E-state index in [0.717, 1.165) is 16.3 Å². The first-order valence-electron chi connectivity index (χ1n) is 8.59. The van der Waals surface area contributed by atoms with Gasteiger partial charge in [0.1, 0.15) is 17.3 Å². The van der Waals surface area contributed by atoms with E-state index in [4.69, 9.17) is 4.74 Å². The third-order valence-electron chi connectivity index (χ3n) is 4.10. The fraction of sp³-hybridized carbons (Fsp3) is 0.150. The SMILES string of the molecule is Cc1cccc2nc(COC(=O)Cc3csc(-c4cccnc4)n3)cc(=O)n12. The van der Waals surface area contributed by atoms with Gasteiger partial charge in [-0.25, -0.2) is 9.97 Å². The second kappa shape index (κ2) is 7.69. The number of aromatic nitrogens is 4. The molecule has 4 rings (SSSR count). The Balaban J connectivity index is 1.42. The molecule has 0 aliphatic rings. The van der Waals surface area contributed by atoms with Gasteiger partial charge in [-0.3, -0.25) is 19.0 Å². The van der Waals surface area contributed by atoms with Gasteiger partial charge in [-0.05, 0) is 31.2 Å². The average Bonchev–Trinajstić information content (AvgIpc) is 3.15. The number of carbonyl (C=O) groups excluding carboxylic acids is 1. The number of pyridine rings is 2. The summed E-state index contributed by atoms with van der Waals surface area (Å²) in [4.78, 5) is 37.3. The Hall–Kier alpha value is -3.39. The van der Waals surface area contributed by atoms with Crippen molar-refractivity contribution in [3.05, 3.63) is 81.6 Å². The molecule has 140 valence electrons. The molecule has 28 heavy (non-hydrogen) atoms. The number of aryl methyl sites for hydroxylation is 1. The highest BCUT2D eigenvalue weighted by molar-refractivity contribution is 7.13. The molecule has 4 aromatic heterocycles. The predicted molar refractivity (Wildman–Crippen MR) is 105 cm³/mol. The van der Waals surface area contributed by atoms with E-state index in [1.54, 1.807) is 18.5 Å². The van der Waals surface area contributed by atoms with E-state index in [9.17, 15) is 9.59 Å². The monoisotopic (exact) mass is 392 g/mol. The van der Waals surface area contributed by atoms with Crippen molar-refractivity contribution in [2.45, 2.75) is 20.0 Å². The largest absolute Gasteiger partial charge is 0.459 e. The Bertz CT molecular complexity index is 1200. The Kier molecular flexibility index (Phi) is 4.94. The third-order valence-corrected chi connectivity index (χ3v) is 5.04. The molecule has 0 aliphatic heterocycles. The number of nitrogens with zero attached hydrogens (tertiary/aromatic N) is 4. The zero-order valence-corrected chi connectivity index (χ0v) is 15.8. The van der Waals surface area contributed by atoms with Gasteiger partial charge >= 0.3 is 5.97 Å². The van der Waals surface area contributed by atoms with Crippen molar-refractivity contribution < 1.29 is 9.53 Å². The van der Waals surface area contributed by atoms with Gasteiger partial charge in [0.25, 0.3) is 5.56 Å². The average molecular weight is 392 g/mol. The molecule has 0 radical (unpaired) electrons. The molecular weight excluding hydrogens is 376 g/mol. The van der Waals surface area contributed by atoms with E-state index in [0.29, 0.717) is 17.0 Å². The Morgan fingerprint density at radius 2 is 2.07 bits per heavy atom. The summed E-state index contributed by atoms with van der Waals surface area (Å²) in [5.41, 5.74) is 3.08. The molecule has 0 unspecified atom stereocenters. The van der Waals surface area contributed by atoms with Crippen molar-refractivity contribution in [2.75, 3.05) is 0 Å². The number of hydrogen-bond donors (Lipinski definition) is 0. The first-order valence-corrected chi connectivity index (χ1v) is 9.47. The molecular formula is C20H16N4O3S. The fourth-order valence-electron chi connectivity index (χ4n) is 2.80. The lowest BCUT2D eigenvalue weighted by atomic mass is 10.3. The van der Waals surface area contributed by atoms with Crippen LogP contribution in [0.4, 0.5) is 0 Å². The molecule has 0 spiro atoms. The third kappa shape index (κ3) is 3.81. The highest BCUT2D eigenvalue weighted by Gasteiger charge is 2.12. The summed E-state index contributed by atoms with van der Waals surface area (Å²) in [5.74, 6) is -0.422. The highest BCUT2D eigenvalue weighted by Crippen LogP contribution is 2.22. The summed E-state index contributed by atoms with van der Waals surface area (Å²) in [7, 11) is 0. The van der Waals surface area contributed by atoms with E-state index in [1.807, 2.05) is 36.6 Å². The zero-order chi connectivity index (χ0) is 19.5. The van der Waals surface area contributed by atoms with E-state index in [2.05, 4.69) is 15.0 Å². The second-order valence-electron chi connectivity index (χ2n) is 6.17. The molecule has 0 saturated heterocycles. The van der Waals surface area contributed by atoms with Crippen molar-refractivity contribution in [2.24, 2.45) is 0 Å². The maximum atomic E-state index is 12.3. The minimum Gasteiger partial charge on any atom is -0.459 e. The summed E-state index contributed by atoms with van der Waals surface area (Å²) in [6, 6.07) is 10.6. The summed E-state index contributed by atoms with van der Waals surface area (Å²) >= 11 is 1.45. The Labute approximate surface area is 164 Å². The molecule has 0 aromatic carbocycles. The lowest BCUT2D eigenvalue weighted by Gasteiger charge is -2.07. The molecule has 0 atom stereocenters. The summed E-state index contributed by atoms with van der Waals surface area (Å²) in [5, 5.41) is 2.63. The molecule has 7 nitrogen and oxygen atoms in total. The molecule has 0 saturated carbocycles. The minimum atomic E-state index is -0.422. The van der Waals surface area contributed by atoms with Gasteiger partial charge in [-0.15, -0.1) is 11.3 Å². The van der Waals surface area contributed by atoms with Gasteiger partial charge < -0.3 is 4.74 Å². The molecule has 8 heteroatoms. The molecule has 0 aliphatic carbocycles. The van der Waals surface area contributed by atoms with E-state index >= 15 is 0 Å². The van der Waals surface area contributed by atoms with Gasteiger partial charge in [0.2, 0.25) is 0 Å². The molecule has 4 aromatic rings. The van der Waals surface area contributed by atoms with Gasteiger partial charge in [-0.1, -0.05) is 6.07 Å². The normalized spacial score (nSPS) is 10.9. The van der Waals surface area contributed by atoms with Crippen LogP contribution in [0.2, 0.25) is 0 Å². The maximum Gasteiger partial charge on any atom is 0.312 e. The van der Waals surface area contributed by atoms with Crippen LogP contribution in [0.15, 0.2) is 59.0 Å². The Morgan fingerprint density at radius 3 is 2.89 bits per heavy atom. The number of thiazole rings is 1. The summed E-state index contributed by atoms with van der Waals surface area (Å²) in [6.45, 7) is 1.78. The number of esters is 1. The van der Waals surface area contributed by atoms with Crippen LogP contribution in [0.5, 0.6) is 0 Å². The van der Waals surface area contributed by atoms with Crippen molar-refractivity contribution in [1.82, 2.24) is 19.4 Å². The van der Waals surface area contributed by atoms with Crippen LogP contribution in [-0.4, -0.2) is 25.3 Å². The quantitative estimate of drug-likeness (QED) is 0.486. The van der Waals surface area contributed by atoms with Crippen LogP contribution in [0, 0.1) is 6.92 Å². The molecule has 4 heterocycles. The molecule has 0 bridgehead atoms. The number of fused-ring (bicyclic) bond motifs is 1. The van der Waals surface area contributed by atoms with E-state index < -0.39 is 5.97 Å². The van der Waals surface area contributed by atoms with Crippen LogP contribution in [0.1, 0.15) is 17.1 Å². The van der Waals surface area contributed by atoms with Crippen LogP contribution in [0.25, 0.3) is 16.2 Å². The van der Waals surface area contributed by atoms with Crippen molar-refractivity contribution >= 4 is 23.0 Å². The molecule has 0 amide bonds. The van der Waals surface area contributed by atoms with Gasteiger partial charge in [0, 0.05) is 35.1 Å². The van der Waals surface area contributed by atoms with Crippen molar-refractivity contribution in [3.8, 4) is 10.6 Å². The topological polar surface area (TPSA) is 86.4 Å². The number of hydrogen-bond acceptors (Lipinski definition) is 7. The zero-order valence-electron chi connectivity index (χ0n) is 15.0. The van der Waals surface area contributed by atoms with E-state index in [-0.39, 0.29) is 18.6 Å². The number of ether oxygens (including phenoxy) is 1.